The Kier molecular flexibility index (Phi) is 7.43. The van der Waals surface area contributed by atoms with Crippen molar-refractivity contribution in [3.05, 3.63) is 34.3 Å². The van der Waals surface area contributed by atoms with Crippen molar-refractivity contribution in [1.82, 2.24) is 25.2 Å². The number of nitrogens with zero attached hydrogens (tertiary/aromatic N) is 4. The minimum absolute atomic E-state index is 0.115. The Balaban J connectivity index is 1.77. The van der Waals surface area contributed by atoms with Crippen LogP contribution >= 0.6 is 11.3 Å². The highest BCUT2D eigenvalue weighted by Crippen LogP contribution is 2.30. The molecule has 0 spiro atoms. The maximum Gasteiger partial charge on any atom is 0.434 e. The first-order chi connectivity index (χ1) is 12.4. The molecule has 26 heavy (non-hydrogen) atoms. The fraction of sp³-hybridized carbons (Fsp3) is 0.562. The van der Waals surface area contributed by atoms with Crippen LogP contribution in [0.15, 0.2) is 22.8 Å². The lowest BCUT2D eigenvalue weighted by molar-refractivity contribution is -0.140. The number of unbranched alkanes of at least 4 members (excludes halogenated alkanes) is 1. The zero-order valence-corrected chi connectivity index (χ0v) is 15.6. The molecule has 2 aromatic heterocycles. The van der Waals surface area contributed by atoms with Crippen LogP contribution in [0.25, 0.3) is 0 Å². The van der Waals surface area contributed by atoms with E-state index in [1.165, 1.54) is 0 Å². The molecule has 0 bridgehead atoms. The topological polar surface area (TPSA) is 67.1 Å². The standard InChI is InChI=1S/C16H23F3N6S/c1-3-20-15(22-6-4-5-8-25-9-7-21-12(25)2)23-10-14-24-13(11-26-14)16(17,18)19/h7,9,11H,3-6,8,10H2,1-2H3,(H2,20,22,23). The van der Waals surface area contributed by atoms with E-state index < -0.39 is 11.9 Å². The van der Waals surface area contributed by atoms with E-state index in [0.29, 0.717) is 17.5 Å². The van der Waals surface area contributed by atoms with Crippen molar-refractivity contribution < 1.29 is 13.2 Å². The van der Waals surface area contributed by atoms with E-state index in [1.54, 1.807) is 6.20 Å². The first-order valence-electron chi connectivity index (χ1n) is 8.41. The number of thiazole rings is 1. The molecule has 2 heterocycles. The molecular formula is C16H23F3N6S. The normalized spacial score (nSPS) is 12.4. The number of hydrogen-bond donors (Lipinski definition) is 2. The molecule has 0 aromatic carbocycles. The maximum atomic E-state index is 12.6. The van der Waals surface area contributed by atoms with Crippen LogP contribution in [0.1, 0.15) is 36.3 Å². The van der Waals surface area contributed by atoms with Crippen molar-refractivity contribution in [3.63, 3.8) is 0 Å². The van der Waals surface area contributed by atoms with E-state index in [4.69, 9.17) is 0 Å². The lowest BCUT2D eigenvalue weighted by Gasteiger charge is -2.11. The van der Waals surface area contributed by atoms with Gasteiger partial charge >= 0.3 is 6.18 Å². The van der Waals surface area contributed by atoms with E-state index >= 15 is 0 Å². The first kappa shape index (κ1) is 20.2. The number of halogens is 3. The number of nitrogens with one attached hydrogen (secondary N) is 2. The third-order valence-electron chi connectivity index (χ3n) is 3.60. The van der Waals surface area contributed by atoms with Gasteiger partial charge < -0.3 is 15.2 Å². The van der Waals surface area contributed by atoms with Gasteiger partial charge in [0.05, 0.1) is 6.54 Å². The summed E-state index contributed by atoms with van der Waals surface area (Å²) in [6.45, 7) is 6.32. The fourth-order valence-corrected chi connectivity index (χ4v) is 2.98. The van der Waals surface area contributed by atoms with Gasteiger partial charge in [0.2, 0.25) is 0 Å². The van der Waals surface area contributed by atoms with Crippen LogP contribution in [0.2, 0.25) is 0 Å². The van der Waals surface area contributed by atoms with Gasteiger partial charge in [0.15, 0.2) is 11.7 Å². The molecule has 0 atom stereocenters. The fourth-order valence-electron chi connectivity index (χ4n) is 2.26. The highest BCUT2D eigenvalue weighted by Gasteiger charge is 2.33. The summed E-state index contributed by atoms with van der Waals surface area (Å²) in [5.74, 6) is 1.57. The molecule has 144 valence electrons. The van der Waals surface area contributed by atoms with Gasteiger partial charge in [-0.1, -0.05) is 0 Å². The number of aromatic nitrogens is 3. The lowest BCUT2D eigenvalue weighted by atomic mass is 10.3. The van der Waals surface area contributed by atoms with Crippen molar-refractivity contribution in [2.75, 3.05) is 13.1 Å². The first-order valence-corrected chi connectivity index (χ1v) is 9.29. The quantitative estimate of drug-likeness (QED) is 0.414. The smallest absolute Gasteiger partial charge is 0.357 e. The average molecular weight is 388 g/mol. The van der Waals surface area contributed by atoms with Crippen LogP contribution < -0.4 is 10.6 Å². The molecular weight excluding hydrogens is 365 g/mol. The molecule has 2 N–H and O–H groups in total. The van der Waals surface area contributed by atoms with Gasteiger partial charge in [-0.3, -0.25) is 0 Å². The second-order valence-electron chi connectivity index (χ2n) is 5.62. The molecule has 0 aliphatic heterocycles. The number of aliphatic imine (C=N–C) groups is 1. The number of aryl methyl sites for hydroxylation is 2. The van der Waals surface area contributed by atoms with Crippen LogP contribution in [0, 0.1) is 6.92 Å². The molecule has 0 saturated heterocycles. The van der Waals surface area contributed by atoms with Crippen LogP contribution in [0.4, 0.5) is 13.2 Å². The summed E-state index contributed by atoms with van der Waals surface area (Å²) in [6.07, 6.45) is 1.27. The van der Waals surface area contributed by atoms with Gasteiger partial charge in [-0.05, 0) is 26.7 Å². The van der Waals surface area contributed by atoms with Crippen molar-refractivity contribution in [2.24, 2.45) is 4.99 Å². The third kappa shape index (κ3) is 6.32. The molecule has 2 rings (SSSR count). The van der Waals surface area contributed by atoms with Gasteiger partial charge in [-0.25, -0.2) is 15.0 Å². The highest BCUT2D eigenvalue weighted by atomic mass is 32.1. The zero-order chi connectivity index (χ0) is 19.0. The Hall–Kier alpha value is -2.10. The summed E-state index contributed by atoms with van der Waals surface area (Å²) in [5.41, 5.74) is -0.861. The number of imidazole rings is 1. The minimum atomic E-state index is -4.41. The van der Waals surface area contributed by atoms with Crippen molar-refractivity contribution >= 4 is 17.3 Å². The number of rotatable bonds is 8. The van der Waals surface area contributed by atoms with Gasteiger partial charge in [0.1, 0.15) is 10.8 Å². The Labute approximate surface area is 154 Å². The van der Waals surface area contributed by atoms with E-state index in [-0.39, 0.29) is 6.54 Å². The zero-order valence-electron chi connectivity index (χ0n) is 14.8. The number of alkyl halides is 3. The van der Waals surface area contributed by atoms with Gasteiger partial charge in [0, 0.05) is 37.4 Å². The van der Waals surface area contributed by atoms with Gasteiger partial charge in [0.25, 0.3) is 0 Å². The van der Waals surface area contributed by atoms with Crippen LogP contribution in [0.3, 0.4) is 0 Å². The molecule has 6 nitrogen and oxygen atoms in total. The number of hydrogen-bond acceptors (Lipinski definition) is 4. The van der Waals surface area contributed by atoms with E-state index in [0.717, 1.165) is 48.5 Å². The van der Waals surface area contributed by atoms with Crippen LogP contribution in [-0.2, 0) is 19.3 Å². The van der Waals surface area contributed by atoms with Crippen molar-refractivity contribution in [2.45, 2.75) is 46.0 Å². The maximum absolute atomic E-state index is 12.6. The summed E-state index contributed by atoms with van der Waals surface area (Å²) < 4.78 is 39.8. The predicted octanol–water partition coefficient (Wildman–Crippen LogP) is 3.20. The Morgan fingerprint density at radius 3 is 2.73 bits per heavy atom. The molecule has 0 aliphatic rings. The Morgan fingerprint density at radius 1 is 1.31 bits per heavy atom. The minimum Gasteiger partial charge on any atom is -0.357 e. The molecule has 0 amide bonds. The number of guanidine groups is 1. The molecule has 0 fully saturated rings. The molecule has 0 aliphatic carbocycles. The van der Waals surface area contributed by atoms with E-state index in [2.05, 4.69) is 30.2 Å². The molecule has 0 unspecified atom stereocenters. The molecule has 0 saturated carbocycles. The molecule has 0 radical (unpaired) electrons. The Morgan fingerprint density at radius 2 is 2.12 bits per heavy atom. The predicted molar refractivity (Wildman–Crippen MR) is 96.1 cm³/mol. The van der Waals surface area contributed by atoms with Crippen molar-refractivity contribution in [1.29, 1.82) is 0 Å². The van der Waals surface area contributed by atoms with Crippen molar-refractivity contribution in [3.8, 4) is 0 Å². The monoisotopic (exact) mass is 388 g/mol. The van der Waals surface area contributed by atoms with E-state index in [9.17, 15) is 13.2 Å². The van der Waals surface area contributed by atoms with Gasteiger partial charge in [-0.15, -0.1) is 11.3 Å². The summed E-state index contributed by atoms with van der Waals surface area (Å²) in [7, 11) is 0. The third-order valence-corrected chi connectivity index (χ3v) is 4.43. The highest BCUT2D eigenvalue weighted by molar-refractivity contribution is 7.09. The van der Waals surface area contributed by atoms with E-state index in [1.807, 2.05) is 20.0 Å². The average Bonchev–Trinajstić information content (AvgIpc) is 3.21. The molecule has 10 heteroatoms. The van der Waals surface area contributed by atoms with Crippen LogP contribution in [0.5, 0.6) is 0 Å². The Bertz CT molecular complexity index is 707. The summed E-state index contributed by atoms with van der Waals surface area (Å²) in [6, 6.07) is 0. The second kappa shape index (κ2) is 9.56. The van der Waals surface area contributed by atoms with Gasteiger partial charge in [-0.2, -0.15) is 13.2 Å². The summed E-state index contributed by atoms with van der Waals surface area (Å²) in [4.78, 5) is 12.1. The van der Waals surface area contributed by atoms with Crippen LogP contribution in [-0.4, -0.2) is 33.6 Å². The molecule has 2 aromatic rings. The summed E-state index contributed by atoms with van der Waals surface area (Å²) in [5, 5.41) is 7.63. The SMILES string of the molecule is CCNC(=NCc1nc(C(F)(F)F)cs1)NCCCCn1ccnc1C. The second-order valence-corrected chi connectivity index (χ2v) is 6.56. The largest absolute Gasteiger partial charge is 0.434 e. The lowest BCUT2D eigenvalue weighted by Crippen LogP contribution is -2.37. The summed E-state index contributed by atoms with van der Waals surface area (Å²) >= 11 is 0.966.